The number of thioether (sulfide) groups is 1. The molecular weight excluding hydrogens is 364 g/mol. The Morgan fingerprint density at radius 2 is 1.81 bits per heavy atom. The summed E-state index contributed by atoms with van der Waals surface area (Å²) in [6.45, 7) is 7.10. The molecule has 1 fully saturated rings. The molecule has 1 aromatic carbocycles. The molecule has 0 bridgehead atoms. The molecule has 4 rings (SSSR count). The van der Waals surface area contributed by atoms with Crippen molar-refractivity contribution in [2.75, 3.05) is 31.2 Å². The number of ether oxygens (including phenoxy) is 1. The predicted molar refractivity (Wildman–Crippen MR) is 102 cm³/mol. The molecule has 2 aromatic heterocycles. The number of rotatable bonds is 6. The minimum atomic E-state index is 0.556. The van der Waals surface area contributed by atoms with E-state index in [4.69, 9.17) is 9.15 Å². The van der Waals surface area contributed by atoms with Crippen LogP contribution in [0.2, 0.25) is 0 Å². The van der Waals surface area contributed by atoms with Gasteiger partial charge in [0.25, 0.3) is 0 Å². The lowest BCUT2D eigenvalue weighted by Crippen LogP contribution is -2.38. The average molecular weight is 386 g/mol. The van der Waals surface area contributed by atoms with Crippen molar-refractivity contribution in [1.82, 2.24) is 25.0 Å². The maximum Gasteiger partial charge on any atom is 0.232 e. The Morgan fingerprint density at radius 1 is 1.04 bits per heavy atom. The first-order valence-electron chi connectivity index (χ1n) is 9.04. The third-order valence-electron chi connectivity index (χ3n) is 4.40. The van der Waals surface area contributed by atoms with Crippen molar-refractivity contribution in [3.8, 4) is 5.69 Å². The van der Waals surface area contributed by atoms with E-state index in [1.165, 1.54) is 5.56 Å². The van der Waals surface area contributed by atoms with Gasteiger partial charge in [-0.25, -0.2) is 0 Å². The minimum absolute atomic E-state index is 0.556. The number of para-hydroxylation sites is 1. The molecule has 8 nitrogen and oxygen atoms in total. The molecule has 1 saturated heterocycles. The van der Waals surface area contributed by atoms with Crippen LogP contribution in [0, 0.1) is 6.92 Å². The van der Waals surface area contributed by atoms with Crippen molar-refractivity contribution in [1.29, 1.82) is 0 Å². The summed E-state index contributed by atoms with van der Waals surface area (Å²) in [4.78, 5) is 2.22. The minimum Gasteiger partial charge on any atom is -0.424 e. The number of nitrogens with zero attached hydrogens (tertiary/aromatic N) is 6. The van der Waals surface area contributed by atoms with Gasteiger partial charge in [0.05, 0.1) is 24.7 Å². The lowest BCUT2D eigenvalue weighted by Gasteiger charge is -2.28. The van der Waals surface area contributed by atoms with Gasteiger partial charge in [-0.15, -0.1) is 20.4 Å². The fourth-order valence-corrected chi connectivity index (χ4v) is 3.74. The Hall–Kier alpha value is -2.39. The first kappa shape index (κ1) is 18.0. The molecule has 142 valence electrons. The number of anilines is 1. The van der Waals surface area contributed by atoms with E-state index in [1.807, 2.05) is 19.1 Å². The van der Waals surface area contributed by atoms with Gasteiger partial charge >= 0.3 is 0 Å². The van der Waals surface area contributed by atoms with Gasteiger partial charge < -0.3 is 14.1 Å². The maximum atomic E-state index is 5.62. The van der Waals surface area contributed by atoms with Crippen LogP contribution in [0.4, 0.5) is 5.95 Å². The molecule has 27 heavy (non-hydrogen) atoms. The summed E-state index contributed by atoms with van der Waals surface area (Å²) in [6.07, 6.45) is 0.734. The second kappa shape index (κ2) is 8.10. The zero-order chi connectivity index (χ0) is 18.6. The molecule has 3 heterocycles. The van der Waals surface area contributed by atoms with Crippen LogP contribution in [0.1, 0.15) is 24.3 Å². The van der Waals surface area contributed by atoms with Crippen LogP contribution in [-0.2, 0) is 16.9 Å². The van der Waals surface area contributed by atoms with Crippen molar-refractivity contribution in [3.05, 3.63) is 41.6 Å². The number of hydrogen-bond acceptors (Lipinski definition) is 8. The van der Waals surface area contributed by atoms with E-state index in [1.54, 1.807) is 11.8 Å². The first-order chi connectivity index (χ1) is 13.3. The van der Waals surface area contributed by atoms with Crippen molar-refractivity contribution in [2.24, 2.45) is 0 Å². The van der Waals surface area contributed by atoms with Gasteiger partial charge in [0.15, 0.2) is 5.16 Å². The summed E-state index contributed by atoms with van der Waals surface area (Å²) in [7, 11) is 0. The molecule has 0 atom stereocenters. The summed E-state index contributed by atoms with van der Waals surface area (Å²) in [5, 5.41) is 17.9. The van der Waals surface area contributed by atoms with E-state index >= 15 is 0 Å². The van der Waals surface area contributed by atoms with Gasteiger partial charge in [-0.05, 0) is 18.6 Å². The smallest absolute Gasteiger partial charge is 0.232 e. The van der Waals surface area contributed by atoms with E-state index in [9.17, 15) is 0 Å². The van der Waals surface area contributed by atoms with E-state index in [0.29, 0.717) is 30.7 Å². The predicted octanol–water partition coefficient (Wildman–Crippen LogP) is 2.65. The van der Waals surface area contributed by atoms with E-state index in [-0.39, 0.29) is 0 Å². The fourth-order valence-electron chi connectivity index (χ4n) is 2.96. The SMILES string of the molecule is CCc1nnc(CSc2nnc(N3CCOCC3)n2-c2ccccc2C)o1. The molecule has 0 aliphatic carbocycles. The zero-order valence-electron chi connectivity index (χ0n) is 15.5. The van der Waals surface area contributed by atoms with Crippen LogP contribution in [0.15, 0.2) is 33.8 Å². The number of morpholine rings is 1. The lowest BCUT2D eigenvalue weighted by molar-refractivity contribution is 0.122. The summed E-state index contributed by atoms with van der Waals surface area (Å²) in [6, 6.07) is 8.26. The molecule has 1 aliphatic rings. The number of hydrogen-bond donors (Lipinski definition) is 0. The van der Waals surface area contributed by atoms with Crippen molar-refractivity contribution in [3.63, 3.8) is 0 Å². The highest BCUT2D eigenvalue weighted by atomic mass is 32.2. The molecule has 0 spiro atoms. The molecule has 0 unspecified atom stereocenters. The van der Waals surface area contributed by atoms with Crippen LogP contribution in [0.25, 0.3) is 5.69 Å². The van der Waals surface area contributed by atoms with E-state index in [0.717, 1.165) is 36.3 Å². The Balaban J connectivity index is 1.66. The molecule has 0 radical (unpaired) electrons. The summed E-state index contributed by atoms with van der Waals surface area (Å²) in [5.74, 6) is 2.65. The van der Waals surface area contributed by atoms with Gasteiger partial charge in [-0.2, -0.15) is 0 Å². The number of aryl methyl sites for hydroxylation is 2. The van der Waals surface area contributed by atoms with Crippen LogP contribution in [0.5, 0.6) is 0 Å². The van der Waals surface area contributed by atoms with Gasteiger partial charge in [0.1, 0.15) is 0 Å². The first-order valence-corrected chi connectivity index (χ1v) is 10.0. The highest BCUT2D eigenvalue weighted by Crippen LogP contribution is 2.30. The molecule has 3 aromatic rings. The van der Waals surface area contributed by atoms with Crippen LogP contribution >= 0.6 is 11.8 Å². The van der Waals surface area contributed by atoms with Gasteiger partial charge in [0, 0.05) is 19.5 Å². The summed E-state index contributed by atoms with van der Waals surface area (Å²) < 4.78 is 13.2. The Kier molecular flexibility index (Phi) is 5.40. The monoisotopic (exact) mass is 386 g/mol. The standard InChI is InChI=1S/C18H22N6O2S/c1-3-15-19-20-16(26-15)12-27-18-22-21-17(23-8-10-25-11-9-23)24(18)14-7-5-4-6-13(14)2/h4-7H,3,8-12H2,1-2H3. The normalized spacial score (nSPS) is 14.7. The van der Waals surface area contributed by atoms with Crippen LogP contribution < -0.4 is 4.90 Å². The largest absolute Gasteiger partial charge is 0.424 e. The van der Waals surface area contributed by atoms with Crippen LogP contribution in [-0.4, -0.2) is 51.3 Å². The Labute approximate surface area is 161 Å². The molecule has 0 amide bonds. The Morgan fingerprint density at radius 3 is 2.56 bits per heavy atom. The Bertz CT molecular complexity index is 903. The number of aromatic nitrogens is 5. The number of benzene rings is 1. The third-order valence-corrected chi connectivity index (χ3v) is 5.32. The van der Waals surface area contributed by atoms with Gasteiger partial charge in [-0.1, -0.05) is 36.9 Å². The topological polar surface area (TPSA) is 82.1 Å². The second-order valence-corrected chi connectivity index (χ2v) is 7.18. The van der Waals surface area contributed by atoms with E-state index < -0.39 is 0 Å². The highest BCUT2D eigenvalue weighted by Gasteiger charge is 2.23. The zero-order valence-corrected chi connectivity index (χ0v) is 16.3. The fraction of sp³-hybridized carbons (Fsp3) is 0.444. The van der Waals surface area contributed by atoms with Gasteiger partial charge in [-0.3, -0.25) is 4.57 Å². The average Bonchev–Trinajstić information content (AvgIpc) is 3.34. The lowest BCUT2D eigenvalue weighted by atomic mass is 10.2. The molecule has 1 aliphatic heterocycles. The molecule has 0 saturated carbocycles. The molecule has 9 heteroatoms. The molecular formula is C18H22N6O2S. The molecule has 0 N–H and O–H groups in total. The van der Waals surface area contributed by atoms with Crippen molar-refractivity contribution >= 4 is 17.7 Å². The van der Waals surface area contributed by atoms with E-state index in [2.05, 4.69) is 48.9 Å². The van der Waals surface area contributed by atoms with Crippen LogP contribution in [0.3, 0.4) is 0 Å². The summed E-state index contributed by atoms with van der Waals surface area (Å²) >= 11 is 1.55. The van der Waals surface area contributed by atoms with Gasteiger partial charge in [0.2, 0.25) is 17.7 Å². The quantitative estimate of drug-likeness (QED) is 0.598. The third kappa shape index (κ3) is 3.84. The highest BCUT2D eigenvalue weighted by molar-refractivity contribution is 7.98. The second-order valence-electron chi connectivity index (χ2n) is 6.24. The van der Waals surface area contributed by atoms with Crippen molar-refractivity contribution < 1.29 is 9.15 Å². The summed E-state index contributed by atoms with van der Waals surface area (Å²) in [5.41, 5.74) is 2.24. The van der Waals surface area contributed by atoms with Crippen molar-refractivity contribution in [2.45, 2.75) is 31.2 Å². The maximum absolute atomic E-state index is 5.62.